The molecule has 0 radical (unpaired) electrons. The largest absolute Gasteiger partial charge is 0.481 e. The van der Waals surface area contributed by atoms with Gasteiger partial charge in [0.25, 0.3) is 0 Å². The molecule has 1 aromatic carbocycles. The first-order valence-electron chi connectivity index (χ1n) is 8.07. The van der Waals surface area contributed by atoms with E-state index in [0.29, 0.717) is 11.8 Å². The van der Waals surface area contributed by atoms with Gasteiger partial charge < -0.3 is 19.9 Å². The molecule has 0 spiro atoms. The first-order chi connectivity index (χ1) is 11.9. The number of fused-ring (bicyclic) bond motifs is 1. The summed E-state index contributed by atoms with van der Waals surface area (Å²) in [6, 6.07) is 9.55. The Morgan fingerprint density at radius 2 is 2.00 bits per heavy atom. The van der Waals surface area contributed by atoms with Crippen molar-refractivity contribution in [1.29, 1.82) is 0 Å². The van der Waals surface area contributed by atoms with Crippen LogP contribution in [0.5, 0.6) is 11.8 Å². The fraction of sp³-hybridized carbons (Fsp3) is 0.368. The number of carboxylic acid groups (broad SMARTS) is 1. The first kappa shape index (κ1) is 17.1. The third-order valence-corrected chi connectivity index (χ3v) is 4.70. The van der Waals surface area contributed by atoms with Crippen LogP contribution in [0.3, 0.4) is 0 Å². The topological polar surface area (TPSA) is 80.7 Å². The number of hydrogen-bond donors (Lipinski definition) is 2. The van der Waals surface area contributed by atoms with Gasteiger partial charge in [-0.15, -0.1) is 0 Å². The number of nitrogens with zero attached hydrogens (tertiary/aromatic N) is 1. The summed E-state index contributed by atoms with van der Waals surface area (Å²) in [5, 5.41) is 11.8. The van der Waals surface area contributed by atoms with E-state index in [9.17, 15) is 4.79 Å². The molecule has 1 aliphatic carbocycles. The molecule has 1 heterocycles. The quantitative estimate of drug-likeness (QED) is 0.886. The zero-order valence-electron chi connectivity index (χ0n) is 14.8. The zero-order chi connectivity index (χ0) is 18.2. The second kappa shape index (κ2) is 6.27. The molecule has 2 aromatic rings. The Hall–Kier alpha value is -2.76. The Morgan fingerprint density at radius 1 is 1.24 bits per heavy atom. The monoisotopic (exact) mass is 342 g/mol. The lowest BCUT2D eigenvalue weighted by Gasteiger charge is -2.27. The Morgan fingerprint density at radius 3 is 2.64 bits per heavy atom. The van der Waals surface area contributed by atoms with Crippen LogP contribution < -0.4 is 14.8 Å². The molecule has 6 heteroatoms. The van der Waals surface area contributed by atoms with Crippen LogP contribution in [-0.2, 0) is 6.42 Å². The van der Waals surface area contributed by atoms with Crippen LogP contribution in [-0.4, -0.2) is 30.4 Å². The Kier molecular flexibility index (Phi) is 4.29. The number of nitrogens with one attached hydrogen (secondary N) is 1. The third-order valence-electron chi connectivity index (χ3n) is 4.70. The molecule has 3 rings (SSSR count). The Balaban J connectivity index is 2.02. The fourth-order valence-electron chi connectivity index (χ4n) is 3.53. The van der Waals surface area contributed by atoms with Gasteiger partial charge in [-0.25, -0.2) is 4.79 Å². The lowest BCUT2D eigenvalue weighted by atomic mass is 9.85. The highest BCUT2D eigenvalue weighted by Gasteiger charge is 2.40. The Labute approximate surface area is 146 Å². The van der Waals surface area contributed by atoms with Crippen LogP contribution in [0.15, 0.2) is 30.3 Å². The van der Waals surface area contributed by atoms with Gasteiger partial charge in [0.05, 0.1) is 20.3 Å². The van der Waals surface area contributed by atoms with Crippen molar-refractivity contribution >= 4 is 6.09 Å². The van der Waals surface area contributed by atoms with Gasteiger partial charge in [-0.2, -0.15) is 4.98 Å². The molecule has 0 bridgehead atoms. The summed E-state index contributed by atoms with van der Waals surface area (Å²) in [4.78, 5) is 15.5. The van der Waals surface area contributed by atoms with Crippen LogP contribution >= 0.6 is 0 Å². The molecular weight excluding hydrogens is 320 g/mol. The standard InChI is InChI=1S/C19H22N2O4/c1-19(2)10-12-9-11(5-6-13(12)16(19)21-18(22)23)14-7-8-15(24-3)20-17(14)25-4/h5-9,16,21H,10H2,1-4H3,(H,22,23). The van der Waals surface area contributed by atoms with Crippen LogP contribution in [0.4, 0.5) is 4.79 Å². The van der Waals surface area contributed by atoms with Crippen molar-refractivity contribution in [3.05, 3.63) is 41.5 Å². The predicted octanol–water partition coefficient (Wildman–Crippen LogP) is 3.66. The van der Waals surface area contributed by atoms with Gasteiger partial charge in [-0.05, 0) is 34.6 Å². The smallest absolute Gasteiger partial charge is 0.405 e. The number of aromatic nitrogens is 1. The number of amides is 1. The number of methoxy groups -OCH3 is 2. The summed E-state index contributed by atoms with van der Waals surface area (Å²) >= 11 is 0. The summed E-state index contributed by atoms with van der Waals surface area (Å²) in [6.07, 6.45) is -0.205. The van der Waals surface area contributed by atoms with Crippen LogP contribution in [0.2, 0.25) is 0 Å². The van der Waals surface area contributed by atoms with E-state index >= 15 is 0 Å². The maximum absolute atomic E-state index is 11.1. The van der Waals surface area contributed by atoms with Crippen molar-refractivity contribution in [1.82, 2.24) is 10.3 Å². The summed E-state index contributed by atoms with van der Waals surface area (Å²) in [5.41, 5.74) is 3.84. The highest BCUT2D eigenvalue weighted by atomic mass is 16.5. The van der Waals surface area contributed by atoms with Gasteiger partial charge in [-0.1, -0.05) is 32.0 Å². The molecule has 1 aromatic heterocycles. The van der Waals surface area contributed by atoms with Crippen molar-refractivity contribution in [2.24, 2.45) is 5.41 Å². The molecule has 1 amide bonds. The lowest BCUT2D eigenvalue weighted by molar-refractivity contribution is 0.175. The number of rotatable bonds is 4. The molecule has 1 aliphatic rings. The number of benzene rings is 1. The third kappa shape index (κ3) is 3.12. The number of hydrogen-bond acceptors (Lipinski definition) is 4. The van der Waals surface area contributed by atoms with Crippen molar-refractivity contribution < 1.29 is 19.4 Å². The fourth-order valence-corrected chi connectivity index (χ4v) is 3.53. The van der Waals surface area contributed by atoms with E-state index in [1.165, 1.54) is 0 Å². The van der Waals surface area contributed by atoms with Crippen molar-refractivity contribution in [3.63, 3.8) is 0 Å². The van der Waals surface area contributed by atoms with Crippen molar-refractivity contribution in [3.8, 4) is 22.9 Å². The predicted molar refractivity (Wildman–Crippen MR) is 94.2 cm³/mol. The van der Waals surface area contributed by atoms with Crippen LogP contribution in [0.25, 0.3) is 11.1 Å². The molecule has 0 fully saturated rings. The number of ether oxygens (including phenoxy) is 2. The minimum Gasteiger partial charge on any atom is -0.481 e. The van der Waals surface area contributed by atoms with Crippen molar-refractivity contribution in [2.75, 3.05) is 14.2 Å². The zero-order valence-corrected chi connectivity index (χ0v) is 14.8. The summed E-state index contributed by atoms with van der Waals surface area (Å²) in [5.74, 6) is 0.991. The molecule has 0 aliphatic heterocycles. The van der Waals surface area contributed by atoms with Gasteiger partial charge in [0.2, 0.25) is 11.8 Å². The van der Waals surface area contributed by atoms with E-state index in [1.807, 2.05) is 18.2 Å². The first-order valence-corrected chi connectivity index (χ1v) is 8.07. The molecular formula is C19H22N2O4. The molecule has 6 nitrogen and oxygen atoms in total. The highest BCUT2D eigenvalue weighted by Crippen LogP contribution is 2.46. The molecule has 0 saturated carbocycles. The SMILES string of the molecule is COc1ccc(-c2ccc3c(c2)CC(C)(C)C3NC(=O)O)c(OC)n1. The normalized spacial score (nSPS) is 17.7. The summed E-state index contributed by atoms with van der Waals surface area (Å²) in [7, 11) is 3.14. The van der Waals surface area contributed by atoms with Gasteiger partial charge >= 0.3 is 6.09 Å². The highest BCUT2D eigenvalue weighted by molar-refractivity contribution is 5.71. The van der Waals surface area contributed by atoms with E-state index in [0.717, 1.165) is 28.7 Å². The average molecular weight is 342 g/mol. The maximum Gasteiger partial charge on any atom is 0.405 e. The van der Waals surface area contributed by atoms with Gasteiger partial charge in [0.15, 0.2) is 0 Å². The molecule has 25 heavy (non-hydrogen) atoms. The molecule has 1 unspecified atom stereocenters. The molecule has 132 valence electrons. The van der Waals surface area contributed by atoms with Crippen LogP contribution in [0, 0.1) is 5.41 Å². The minimum atomic E-state index is -1.00. The van der Waals surface area contributed by atoms with Crippen LogP contribution in [0.1, 0.15) is 31.0 Å². The van der Waals surface area contributed by atoms with Gasteiger partial charge in [-0.3, -0.25) is 0 Å². The minimum absolute atomic E-state index is 0.179. The van der Waals surface area contributed by atoms with E-state index < -0.39 is 6.09 Å². The molecule has 0 saturated heterocycles. The molecule has 2 N–H and O–H groups in total. The summed E-state index contributed by atoms with van der Waals surface area (Å²) < 4.78 is 10.5. The van der Waals surface area contributed by atoms with Crippen molar-refractivity contribution in [2.45, 2.75) is 26.3 Å². The van der Waals surface area contributed by atoms with E-state index in [-0.39, 0.29) is 11.5 Å². The van der Waals surface area contributed by atoms with E-state index in [1.54, 1.807) is 20.3 Å². The Bertz CT molecular complexity index is 817. The number of pyridine rings is 1. The van der Waals surface area contributed by atoms with E-state index in [2.05, 4.69) is 30.2 Å². The average Bonchev–Trinajstić information content (AvgIpc) is 2.83. The molecule has 1 atom stereocenters. The van der Waals surface area contributed by atoms with Gasteiger partial charge in [0, 0.05) is 11.6 Å². The second-order valence-corrected chi connectivity index (χ2v) is 6.87. The van der Waals surface area contributed by atoms with Gasteiger partial charge in [0.1, 0.15) is 0 Å². The summed E-state index contributed by atoms with van der Waals surface area (Å²) in [6.45, 7) is 4.14. The second-order valence-electron chi connectivity index (χ2n) is 6.87. The van der Waals surface area contributed by atoms with E-state index in [4.69, 9.17) is 14.6 Å². The number of carbonyl (C=O) groups is 1. The lowest BCUT2D eigenvalue weighted by Crippen LogP contribution is -2.34. The maximum atomic E-state index is 11.1.